The topological polar surface area (TPSA) is 96.0 Å². The number of esters is 1. The molecule has 0 aliphatic heterocycles. The van der Waals surface area contributed by atoms with Gasteiger partial charge in [0.2, 0.25) is 3.79 Å². The SMILES string of the molecule is C=CC[C@H](C)[C@H](OC(=O)OCC(Cl)(Cl)Cl)[C@@H](C)C(=O)C(C)(C)C(=O)CC(=O)OC(C)(C)C. The van der Waals surface area contributed by atoms with Crippen LogP contribution in [0.4, 0.5) is 4.79 Å². The number of halogens is 3. The highest BCUT2D eigenvalue weighted by molar-refractivity contribution is 6.67. The van der Waals surface area contributed by atoms with E-state index in [0.29, 0.717) is 6.42 Å². The predicted molar refractivity (Wildman–Crippen MR) is 124 cm³/mol. The molecule has 0 saturated heterocycles. The number of Topliss-reactive ketones (excluding diaryl/α,β-unsaturated/α-hetero) is 2. The van der Waals surface area contributed by atoms with E-state index in [1.807, 2.05) is 0 Å². The molecule has 0 heterocycles. The Morgan fingerprint density at radius 3 is 1.97 bits per heavy atom. The number of carbonyl (C=O) groups excluding carboxylic acids is 4. The van der Waals surface area contributed by atoms with Crippen LogP contribution < -0.4 is 0 Å². The van der Waals surface area contributed by atoms with E-state index in [1.165, 1.54) is 20.8 Å². The Bertz CT molecular complexity index is 705. The zero-order chi connectivity index (χ0) is 25.5. The number of alkyl halides is 3. The molecule has 7 nitrogen and oxygen atoms in total. The van der Waals surface area contributed by atoms with Crippen molar-refractivity contribution < 1.29 is 33.4 Å². The summed E-state index contributed by atoms with van der Waals surface area (Å²) in [5, 5.41) is 0. The van der Waals surface area contributed by atoms with Crippen molar-refractivity contribution in [3.63, 3.8) is 0 Å². The zero-order valence-corrected chi connectivity index (χ0v) is 21.9. The van der Waals surface area contributed by atoms with Crippen LogP contribution in [0.25, 0.3) is 0 Å². The molecule has 0 aromatic heterocycles. The fraction of sp³-hybridized carbons (Fsp3) is 0.727. The van der Waals surface area contributed by atoms with E-state index < -0.39 is 63.5 Å². The van der Waals surface area contributed by atoms with Gasteiger partial charge >= 0.3 is 12.1 Å². The summed E-state index contributed by atoms with van der Waals surface area (Å²) in [6.45, 7) is 14.3. The molecule has 0 fully saturated rings. The third-order valence-corrected chi connectivity index (χ3v) is 4.96. The van der Waals surface area contributed by atoms with Gasteiger partial charge in [0.05, 0.1) is 11.3 Å². The highest BCUT2D eigenvalue weighted by Gasteiger charge is 2.44. The molecule has 10 heteroatoms. The first-order chi connectivity index (χ1) is 14.3. The molecule has 0 rings (SSSR count). The van der Waals surface area contributed by atoms with E-state index >= 15 is 0 Å². The minimum atomic E-state index is -1.82. The number of carbonyl (C=O) groups is 4. The van der Waals surface area contributed by atoms with Crippen molar-refractivity contribution >= 4 is 58.5 Å². The molecule has 0 aromatic carbocycles. The molecule has 0 aromatic rings. The van der Waals surface area contributed by atoms with E-state index in [4.69, 9.17) is 49.0 Å². The summed E-state index contributed by atoms with van der Waals surface area (Å²) in [6, 6.07) is 0. The van der Waals surface area contributed by atoms with Gasteiger partial charge in [-0.3, -0.25) is 14.4 Å². The van der Waals surface area contributed by atoms with Crippen LogP contribution in [0.5, 0.6) is 0 Å². The standard InChI is InChI=1S/C22H33Cl3O7/c1-9-10-13(2)17(31-19(29)30-12-22(23,24)25)14(3)18(28)21(7,8)15(26)11-16(27)32-20(4,5)6/h9,13-14,17H,1,10-12H2,2-8H3/t13-,14+,17-/m0/s1. The lowest BCUT2D eigenvalue weighted by atomic mass is 9.74. The normalized spacial score (nSPS) is 15.2. The molecule has 0 N–H and O–H groups in total. The molecular formula is C22H33Cl3O7. The molecular weight excluding hydrogens is 483 g/mol. The summed E-state index contributed by atoms with van der Waals surface area (Å²) in [6.07, 6.45) is -0.579. The summed E-state index contributed by atoms with van der Waals surface area (Å²) in [5.74, 6) is -3.05. The van der Waals surface area contributed by atoms with Gasteiger partial charge in [0.25, 0.3) is 0 Å². The number of hydrogen-bond acceptors (Lipinski definition) is 7. The second-order valence-electron chi connectivity index (χ2n) is 9.20. The zero-order valence-electron chi connectivity index (χ0n) is 19.6. The summed E-state index contributed by atoms with van der Waals surface area (Å²) >= 11 is 16.7. The second kappa shape index (κ2) is 12.2. The van der Waals surface area contributed by atoms with Crippen molar-refractivity contribution in [2.75, 3.05) is 6.61 Å². The second-order valence-corrected chi connectivity index (χ2v) is 11.7. The maximum absolute atomic E-state index is 13.2. The maximum atomic E-state index is 13.2. The Hall–Kier alpha value is -1.31. The number of ketones is 2. The molecule has 0 radical (unpaired) electrons. The smallest absolute Gasteiger partial charge is 0.460 e. The van der Waals surface area contributed by atoms with Crippen molar-refractivity contribution in [1.29, 1.82) is 0 Å². The lowest BCUT2D eigenvalue weighted by Crippen LogP contribution is -2.45. The van der Waals surface area contributed by atoms with Gasteiger partial charge in [0, 0.05) is 0 Å². The van der Waals surface area contributed by atoms with Crippen molar-refractivity contribution in [3.05, 3.63) is 12.7 Å². The minimum Gasteiger partial charge on any atom is -0.460 e. The van der Waals surface area contributed by atoms with Crippen LogP contribution in [0.2, 0.25) is 0 Å². The fourth-order valence-electron chi connectivity index (χ4n) is 2.98. The summed E-state index contributed by atoms with van der Waals surface area (Å²) in [5.41, 5.74) is -2.28. The third kappa shape index (κ3) is 11.0. The van der Waals surface area contributed by atoms with Crippen LogP contribution in [0, 0.1) is 17.3 Å². The first-order valence-electron chi connectivity index (χ1n) is 10.1. The van der Waals surface area contributed by atoms with Crippen LogP contribution in [-0.4, -0.2) is 45.8 Å². The summed E-state index contributed by atoms with van der Waals surface area (Å²) in [4.78, 5) is 50.1. The monoisotopic (exact) mass is 514 g/mol. The first-order valence-corrected chi connectivity index (χ1v) is 11.3. The van der Waals surface area contributed by atoms with Crippen LogP contribution in [0.3, 0.4) is 0 Å². The number of rotatable bonds is 11. The highest BCUT2D eigenvalue weighted by atomic mass is 35.6. The van der Waals surface area contributed by atoms with E-state index in [2.05, 4.69) is 6.58 Å². The molecule has 0 saturated carbocycles. The first kappa shape index (κ1) is 30.7. The summed E-state index contributed by atoms with van der Waals surface area (Å²) < 4.78 is 13.5. The van der Waals surface area contributed by atoms with Crippen molar-refractivity contribution in [3.8, 4) is 0 Å². The minimum absolute atomic E-state index is 0.330. The molecule has 184 valence electrons. The van der Waals surface area contributed by atoms with Gasteiger partial charge in [-0.05, 0) is 47.0 Å². The average molecular weight is 516 g/mol. The van der Waals surface area contributed by atoms with Crippen LogP contribution >= 0.6 is 34.8 Å². The Kier molecular flexibility index (Phi) is 11.7. The largest absolute Gasteiger partial charge is 0.508 e. The Balaban J connectivity index is 5.50. The van der Waals surface area contributed by atoms with Gasteiger partial charge in [0.15, 0.2) is 11.6 Å². The van der Waals surface area contributed by atoms with Crippen molar-refractivity contribution in [2.24, 2.45) is 17.3 Å². The van der Waals surface area contributed by atoms with Crippen molar-refractivity contribution in [2.45, 2.75) is 76.8 Å². The molecule has 0 aliphatic carbocycles. The molecule has 0 amide bonds. The molecule has 32 heavy (non-hydrogen) atoms. The lowest BCUT2D eigenvalue weighted by Gasteiger charge is -2.32. The van der Waals surface area contributed by atoms with Gasteiger partial charge in [-0.15, -0.1) is 6.58 Å². The predicted octanol–water partition coefficient (Wildman–Crippen LogP) is 5.62. The Morgan fingerprint density at radius 2 is 1.53 bits per heavy atom. The fourth-order valence-corrected chi connectivity index (χ4v) is 3.14. The number of allylic oxidation sites excluding steroid dienone is 1. The third-order valence-electron chi connectivity index (χ3n) is 4.63. The van der Waals surface area contributed by atoms with Gasteiger partial charge in [-0.1, -0.05) is 54.7 Å². The average Bonchev–Trinajstić information content (AvgIpc) is 2.61. The Morgan fingerprint density at radius 1 is 1.00 bits per heavy atom. The number of hydrogen-bond donors (Lipinski definition) is 0. The summed E-state index contributed by atoms with van der Waals surface area (Å²) in [7, 11) is 0. The Labute approximate surface area is 205 Å². The van der Waals surface area contributed by atoms with Gasteiger partial charge in [0.1, 0.15) is 24.7 Å². The van der Waals surface area contributed by atoms with E-state index in [9.17, 15) is 19.2 Å². The quantitative estimate of drug-likeness (QED) is 0.152. The van der Waals surface area contributed by atoms with Gasteiger partial charge < -0.3 is 14.2 Å². The highest BCUT2D eigenvalue weighted by Crippen LogP contribution is 2.31. The molecule has 0 unspecified atom stereocenters. The molecule has 3 atom stereocenters. The van der Waals surface area contributed by atoms with E-state index in [0.717, 1.165) is 0 Å². The molecule has 0 bridgehead atoms. The van der Waals surface area contributed by atoms with Gasteiger partial charge in [-0.25, -0.2) is 4.79 Å². The van der Waals surface area contributed by atoms with Crippen molar-refractivity contribution in [1.82, 2.24) is 0 Å². The van der Waals surface area contributed by atoms with E-state index in [-0.39, 0.29) is 5.92 Å². The maximum Gasteiger partial charge on any atom is 0.508 e. The van der Waals surface area contributed by atoms with Crippen LogP contribution in [0.15, 0.2) is 12.7 Å². The molecule has 0 aliphatic rings. The van der Waals surface area contributed by atoms with Crippen LogP contribution in [-0.2, 0) is 28.6 Å². The lowest BCUT2D eigenvalue weighted by molar-refractivity contribution is -0.158. The number of ether oxygens (including phenoxy) is 3. The van der Waals surface area contributed by atoms with E-state index in [1.54, 1.807) is 33.8 Å². The van der Waals surface area contributed by atoms with Crippen LogP contribution in [0.1, 0.15) is 61.3 Å². The molecule has 0 spiro atoms. The van der Waals surface area contributed by atoms with Gasteiger partial charge in [-0.2, -0.15) is 0 Å².